The fourth-order valence-electron chi connectivity index (χ4n) is 2.47. The molecule has 2 aromatic rings. The molecule has 1 atom stereocenters. The molecule has 5 nitrogen and oxygen atoms in total. The van der Waals surface area contributed by atoms with Crippen LogP contribution >= 0.6 is 0 Å². The number of carbonyl (C=O) groups is 2. The van der Waals surface area contributed by atoms with Gasteiger partial charge in [-0.05, 0) is 17.7 Å². The Morgan fingerprint density at radius 2 is 1.83 bits per heavy atom. The quantitative estimate of drug-likeness (QED) is 0.889. The minimum atomic E-state index is -0.582. The van der Waals surface area contributed by atoms with Crippen molar-refractivity contribution in [3.63, 3.8) is 0 Å². The summed E-state index contributed by atoms with van der Waals surface area (Å²) in [5, 5.41) is 5.64. The van der Waals surface area contributed by atoms with E-state index in [0.29, 0.717) is 30.8 Å². The van der Waals surface area contributed by atoms with Gasteiger partial charge in [-0.3, -0.25) is 9.59 Å². The van der Waals surface area contributed by atoms with E-state index in [-0.39, 0.29) is 11.8 Å². The van der Waals surface area contributed by atoms with Crippen LogP contribution in [0.1, 0.15) is 12.0 Å². The van der Waals surface area contributed by atoms with Crippen LogP contribution in [0.5, 0.6) is 5.75 Å². The molecule has 2 aromatic carbocycles. The number of hydrogen-bond donors (Lipinski definition) is 2. The third kappa shape index (κ3) is 3.88. The number of amides is 2. The molecule has 23 heavy (non-hydrogen) atoms. The predicted molar refractivity (Wildman–Crippen MR) is 87.3 cm³/mol. The molecular weight excluding hydrogens is 292 g/mol. The topological polar surface area (TPSA) is 67.4 Å². The Hall–Kier alpha value is -2.82. The fourth-order valence-corrected chi connectivity index (χ4v) is 2.47. The van der Waals surface area contributed by atoms with E-state index >= 15 is 0 Å². The molecule has 0 fully saturated rings. The summed E-state index contributed by atoms with van der Waals surface area (Å²) < 4.78 is 5.68. The maximum absolute atomic E-state index is 12.0. The van der Waals surface area contributed by atoms with Crippen LogP contribution in [-0.4, -0.2) is 24.5 Å². The summed E-state index contributed by atoms with van der Waals surface area (Å²) in [6.07, 6.45) is 0.184. The summed E-state index contributed by atoms with van der Waals surface area (Å²) in [6.45, 7) is 0.395. The molecule has 0 saturated heterocycles. The van der Waals surface area contributed by atoms with Gasteiger partial charge in [0.2, 0.25) is 5.91 Å². The molecule has 2 N–H and O–H groups in total. The van der Waals surface area contributed by atoms with Crippen molar-refractivity contribution in [2.24, 2.45) is 0 Å². The second-order valence-electron chi connectivity index (χ2n) is 5.39. The van der Waals surface area contributed by atoms with Crippen molar-refractivity contribution in [3.8, 4) is 5.75 Å². The van der Waals surface area contributed by atoms with Crippen molar-refractivity contribution >= 4 is 17.5 Å². The molecule has 0 bridgehead atoms. The normalized spacial score (nSPS) is 16.0. The first-order chi connectivity index (χ1) is 11.2. The highest BCUT2D eigenvalue weighted by Gasteiger charge is 2.26. The number of hydrogen-bond acceptors (Lipinski definition) is 3. The van der Waals surface area contributed by atoms with Crippen LogP contribution in [0.4, 0.5) is 5.69 Å². The first kappa shape index (κ1) is 15.1. The number of benzene rings is 2. The number of carbonyl (C=O) groups excluding carboxylic acids is 2. The lowest BCUT2D eigenvalue weighted by Crippen LogP contribution is -2.40. The molecule has 5 heteroatoms. The Morgan fingerprint density at radius 1 is 1.09 bits per heavy atom. The van der Waals surface area contributed by atoms with E-state index in [1.165, 1.54) is 0 Å². The standard InChI is InChI=1S/C18H18N2O3/c21-17(12-13-6-2-1-3-7-13)19-11-10-16-18(22)20-14-8-4-5-9-15(14)23-16/h1-9,16H,10-12H2,(H,19,21)(H,20,22). The van der Waals surface area contributed by atoms with E-state index in [1.54, 1.807) is 6.07 Å². The van der Waals surface area contributed by atoms with Crippen LogP contribution < -0.4 is 15.4 Å². The van der Waals surface area contributed by atoms with Gasteiger partial charge in [0, 0.05) is 13.0 Å². The van der Waals surface area contributed by atoms with Crippen LogP contribution in [0.2, 0.25) is 0 Å². The highest BCUT2D eigenvalue weighted by atomic mass is 16.5. The molecule has 3 rings (SSSR count). The molecule has 1 heterocycles. The summed E-state index contributed by atoms with van der Waals surface area (Å²) in [5.41, 5.74) is 1.65. The molecule has 0 spiro atoms. The average molecular weight is 310 g/mol. The van der Waals surface area contributed by atoms with Gasteiger partial charge in [-0.25, -0.2) is 0 Å². The van der Waals surface area contributed by atoms with E-state index in [4.69, 9.17) is 4.74 Å². The molecule has 118 valence electrons. The number of nitrogens with one attached hydrogen (secondary N) is 2. The van der Waals surface area contributed by atoms with Crippen molar-refractivity contribution in [2.45, 2.75) is 18.9 Å². The van der Waals surface area contributed by atoms with E-state index in [1.807, 2.05) is 48.5 Å². The zero-order valence-corrected chi connectivity index (χ0v) is 12.6. The van der Waals surface area contributed by atoms with Crippen molar-refractivity contribution < 1.29 is 14.3 Å². The molecule has 0 aliphatic carbocycles. The van der Waals surface area contributed by atoms with Crippen molar-refractivity contribution in [1.82, 2.24) is 5.32 Å². The predicted octanol–water partition coefficient (Wildman–Crippen LogP) is 2.14. The second kappa shape index (κ2) is 6.96. The highest BCUT2D eigenvalue weighted by molar-refractivity contribution is 5.97. The number of ether oxygens (including phenoxy) is 1. The molecule has 1 aliphatic rings. The Labute approximate surface area is 134 Å². The SMILES string of the molecule is O=C(Cc1ccccc1)NCCC1Oc2ccccc2NC1=O. The summed E-state index contributed by atoms with van der Waals surface area (Å²) in [7, 11) is 0. The van der Waals surface area contributed by atoms with E-state index in [2.05, 4.69) is 10.6 Å². The Balaban J connectivity index is 1.47. The van der Waals surface area contributed by atoms with Crippen molar-refractivity contribution in [2.75, 3.05) is 11.9 Å². The first-order valence-corrected chi connectivity index (χ1v) is 7.59. The van der Waals surface area contributed by atoms with Crippen molar-refractivity contribution in [3.05, 3.63) is 60.2 Å². The number of fused-ring (bicyclic) bond motifs is 1. The molecule has 0 aromatic heterocycles. The summed E-state index contributed by atoms with van der Waals surface area (Å²) in [5.74, 6) is 0.418. The fraction of sp³-hybridized carbons (Fsp3) is 0.222. The minimum Gasteiger partial charge on any atom is -0.478 e. The van der Waals surface area contributed by atoms with Gasteiger partial charge in [-0.1, -0.05) is 42.5 Å². The first-order valence-electron chi connectivity index (χ1n) is 7.59. The van der Waals surface area contributed by atoms with Crippen LogP contribution in [-0.2, 0) is 16.0 Å². The summed E-state index contributed by atoms with van der Waals surface area (Å²) in [6, 6.07) is 16.9. The number of para-hydroxylation sites is 2. The second-order valence-corrected chi connectivity index (χ2v) is 5.39. The van der Waals surface area contributed by atoms with E-state index in [0.717, 1.165) is 5.56 Å². The lowest BCUT2D eigenvalue weighted by Gasteiger charge is -2.25. The van der Waals surface area contributed by atoms with E-state index < -0.39 is 6.10 Å². The molecular formula is C18H18N2O3. The van der Waals surface area contributed by atoms with Crippen LogP contribution in [0, 0.1) is 0 Å². The third-order valence-corrected chi connectivity index (χ3v) is 3.64. The maximum atomic E-state index is 12.0. The molecule has 0 saturated carbocycles. The lowest BCUT2D eigenvalue weighted by molar-refractivity contribution is -0.124. The van der Waals surface area contributed by atoms with Gasteiger partial charge < -0.3 is 15.4 Å². The van der Waals surface area contributed by atoms with Crippen LogP contribution in [0.3, 0.4) is 0 Å². The van der Waals surface area contributed by atoms with Gasteiger partial charge >= 0.3 is 0 Å². The summed E-state index contributed by atoms with van der Waals surface area (Å²) >= 11 is 0. The lowest BCUT2D eigenvalue weighted by atomic mass is 10.1. The van der Waals surface area contributed by atoms with Gasteiger partial charge in [0.1, 0.15) is 5.75 Å². The maximum Gasteiger partial charge on any atom is 0.265 e. The van der Waals surface area contributed by atoms with Crippen LogP contribution in [0.25, 0.3) is 0 Å². The van der Waals surface area contributed by atoms with Gasteiger partial charge in [0.15, 0.2) is 6.10 Å². The monoisotopic (exact) mass is 310 g/mol. The Bertz CT molecular complexity index is 700. The zero-order chi connectivity index (χ0) is 16.1. The largest absolute Gasteiger partial charge is 0.478 e. The van der Waals surface area contributed by atoms with Crippen molar-refractivity contribution in [1.29, 1.82) is 0 Å². The molecule has 1 aliphatic heterocycles. The molecule has 0 radical (unpaired) electrons. The minimum absolute atomic E-state index is 0.0622. The highest BCUT2D eigenvalue weighted by Crippen LogP contribution is 2.29. The van der Waals surface area contributed by atoms with Gasteiger partial charge in [0.25, 0.3) is 5.91 Å². The van der Waals surface area contributed by atoms with Gasteiger partial charge in [0.05, 0.1) is 12.1 Å². The summed E-state index contributed by atoms with van der Waals surface area (Å²) in [4.78, 5) is 23.9. The molecule has 1 unspecified atom stereocenters. The third-order valence-electron chi connectivity index (χ3n) is 3.64. The number of anilines is 1. The molecule has 2 amide bonds. The van der Waals surface area contributed by atoms with Crippen LogP contribution in [0.15, 0.2) is 54.6 Å². The Morgan fingerprint density at radius 3 is 2.65 bits per heavy atom. The zero-order valence-electron chi connectivity index (χ0n) is 12.6. The number of rotatable bonds is 5. The van der Waals surface area contributed by atoms with Gasteiger partial charge in [-0.2, -0.15) is 0 Å². The average Bonchev–Trinajstić information content (AvgIpc) is 2.56. The Kier molecular flexibility index (Phi) is 4.57. The smallest absolute Gasteiger partial charge is 0.265 e. The van der Waals surface area contributed by atoms with Gasteiger partial charge in [-0.15, -0.1) is 0 Å². The van der Waals surface area contributed by atoms with E-state index in [9.17, 15) is 9.59 Å².